The molecule has 0 radical (unpaired) electrons. The summed E-state index contributed by atoms with van der Waals surface area (Å²) < 4.78 is 27.5. The van der Waals surface area contributed by atoms with Gasteiger partial charge in [-0.25, -0.2) is 13.1 Å². The number of benzene rings is 1. The van der Waals surface area contributed by atoms with Crippen molar-refractivity contribution in [1.29, 1.82) is 0 Å². The Bertz CT molecular complexity index is 575. The standard InChI is InChI=1S/C15H24N2O2S.ClH/c1-11-6-7-12(2)15(8-11)20(18,19)17-10-13-4-3-5-14(16)9-13;/h6-8,13-14,17H,3-5,9-10,16H2,1-2H3;1H. The molecule has 1 aromatic rings. The molecule has 1 saturated carbocycles. The molecule has 1 aliphatic rings. The van der Waals surface area contributed by atoms with Gasteiger partial charge in [0.25, 0.3) is 0 Å². The van der Waals surface area contributed by atoms with Crippen molar-refractivity contribution in [2.75, 3.05) is 6.54 Å². The molecule has 3 N–H and O–H groups in total. The molecule has 0 amide bonds. The number of nitrogens with two attached hydrogens (primary N) is 1. The predicted molar refractivity (Wildman–Crippen MR) is 88.3 cm³/mol. The summed E-state index contributed by atoms with van der Waals surface area (Å²) in [5, 5.41) is 0. The highest BCUT2D eigenvalue weighted by atomic mass is 35.5. The third kappa shape index (κ3) is 4.95. The minimum absolute atomic E-state index is 0. The molecule has 2 rings (SSSR count). The summed E-state index contributed by atoms with van der Waals surface area (Å²) in [6, 6.07) is 5.72. The minimum atomic E-state index is -3.42. The molecule has 4 nitrogen and oxygen atoms in total. The van der Waals surface area contributed by atoms with Crippen LogP contribution in [-0.4, -0.2) is 21.0 Å². The first-order valence-corrected chi connectivity index (χ1v) is 8.69. The fourth-order valence-electron chi connectivity index (χ4n) is 2.82. The summed E-state index contributed by atoms with van der Waals surface area (Å²) in [6.45, 7) is 4.21. The van der Waals surface area contributed by atoms with Crippen molar-refractivity contribution < 1.29 is 8.42 Å². The maximum atomic E-state index is 12.4. The lowest BCUT2D eigenvalue weighted by atomic mass is 9.86. The van der Waals surface area contributed by atoms with E-state index in [0.29, 0.717) is 17.4 Å². The van der Waals surface area contributed by atoms with E-state index in [1.807, 2.05) is 26.0 Å². The number of halogens is 1. The Morgan fingerprint density at radius 1 is 1.29 bits per heavy atom. The van der Waals surface area contributed by atoms with Gasteiger partial charge in [-0.3, -0.25) is 0 Å². The van der Waals surface area contributed by atoms with Crippen LogP contribution in [0, 0.1) is 19.8 Å². The van der Waals surface area contributed by atoms with Crippen molar-refractivity contribution in [2.45, 2.75) is 50.5 Å². The highest BCUT2D eigenvalue weighted by Gasteiger charge is 2.22. The van der Waals surface area contributed by atoms with Crippen LogP contribution in [0.1, 0.15) is 36.8 Å². The van der Waals surface area contributed by atoms with Crippen molar-refractivity contribution in [2.24, 2.45) is 11.7 Å². The second-order valence-corrected chi connectivity index (χ2v) is 7.65. The normalized spacial score (nSPS) is 22.6. The first kappa shape index (κ1) is 18.4. The second-order valence-electron chi connectivity index (χ2n) is 5.91. The Labute approximate surface area is 134 Å². The second kappa shape index (κ2) is 7.58. The predicted octanol–water partition coefficient (Wildman–Crippen LogP) is 2.52. The Hall–Kier alpha value is -0.620. The lowest BCUT2D eigenvalue weighted by Gasteiger charge is -2.26. The van der Waals surface area contributed by atoms with E-state index in [2.05, 4.69) is 4.72 Å². The molecule has 0 aliphatic heterocycles. The summed E-state index contributed by atoms with van der Waals surface area (Å²) in [5.74, 6) is 0.360. The lowest BCUT2D eigenvalue weighted by molar-refractivity contribution is 0.322. The zero-order chi connectivity index (χ0) is 14.8. The van der Waals surface area contributed by atoms with Crippen LogP contribution in [0.3, 0.4) is 0 Å². The summed E-state index contributed by atoms with van der Waals surface area (Å²) in [6.07, 6.45) is 4.12. The van der Waals surface area contributed by atoms with Gasteiger partial charge in [0.15, 0.2) is 0 Å². The van der Waals surface area contributed by atoms with Crippen molar-refractivity contribution in [1.82, 2.24) is 4.72 Å². The van der Waals surface area contributed by atoms with E-state index in [1.165, 1.54) is 0 Å². The number of hydrogen-bond donors (Lipinski definition) is 2. The topological polar surface area (TPSA) is 72.2 Å². The van der Waals surface area contributed by atoms with Crippen LogP contribution in [0.5, 0.6) is 0 Å². The van der Waals surface area contributed by atoms with E-state index in [1.54, 1.807) is 6.07 Å². The summed E-state index contributed by atoms with van der Waals surface area (Å²) in [4.78, 5) is 0.387. The Morgan fingerprint density at radius 2 is 2.00 bits per heavy atom. The van der Waals surface area contributed by atoms with Gasteiger partial charge in [0.2, 0.25) is 10.0 Å². The van der Waals surface area contributed by atoms with Gasteiger partial charge in [-0.1, -0.05) is 18.6 Å². The molecule has 2 unspecified atom stereocenters. The molecule has 0 heterocycles. The zero-order valence-corrected chi connectivity index (χ0v) is 14.3. The maximum Gasteiger partial charge on any atom is 0.240 e. The molecule has 0 spiro atoms. The average molecular weight is 333 g/mol. The molecule has 1 aliphatic carbocycles. The van der Waals surface area contributed by atoms with Crippen molar-refractivity contribution in [3.05, 3.63) is 29.3 Å². The average Bonchev–Trinajstić information content (AvgIpc) is 2.39. The van der Waals surface area contributed by atoms with Crippen LogP contribution >= 0.6 is 12.4 Å². The molecule has 1 aromatic carbocycles. The van der Waals surface area contributed by atoms with Crippen LogP contribution in [0.25, 0.3) is 0 Å². The van der Waals surface area contributed by atoms with Crippen LogP contribution in [0.4, 0.5) is 0 Å². The lowest BCUT2D eigenvalue weighted by Crippen LogP contribution is -2.35. The van der Waals surface area contributed by atoms with E-state index >= 15 is 0 Å². The molecule has 6 heteroatoms. The molecule has 0 saturated heterocycles. The number of hydrogen-bond acceptors (Lipinski definition) is 3. The van der Waals surface area contributed by atoms with E-state index in [0.717, 1.165) is 36.8 Å². The highest BCUT2D eigenvalue weighted by molar-refractivity contribution is 7.89. The number of rotatable bonds is 4. The first-order chi connectivity index (χ1) is 9.38. The SMILES string of the molecule is Cc1ccc(C)c(S(=O)(=O)NCC2CCCC(N)C2)c1.Cl. The van der Waals surface area contributed by atoms with Crippen LogP contribution in [-0.2, 0) is 10.0 Å². The van der Waals surface area contributed by atoms with Gasteiger partial charge in [-0.2, -0.15) is 0 Å². The Balaban J connectivity index is 0.00000220. The number of aryl methyl sites for hydroxylation is 2. The van der Waals surface area contributed by atoms with Crippen molar-refractivity contribution >= 4 is 22.4 Å². The minimum Gasteiger partial charge on any atom is -0.328 e. The smallest absolute Gasteiger partial charge is 0.240 e. The van der Waals surface area contributed by atoms with Gasteiger partial charge < -0.3 is 5.73 Å². The molecule has 120 valence electrons. The molecule has 2 atom stereocenters. The molecular weight excluding hydrogens is 308 g/mol. The Morgan fingerprint density at radius 3 is 2.67 bits per heavy atom. The van der Waals surface area contributed by atoms with Gasteiger partial charge in [-0.05, 0) is 56.2 Å². The monoisotopic (exact) mass is 332 g/mol. The van der Waals surface area contributed by atoms with Gasteiger partial charge in [0.05, 0.1) is 4.90 Å². The molecule has 1 fully saturated rings. The first-order valence-electron chi connectivity index (χ1n) is 7.21. The van der Waals surface area contributed by atoms with E-state index in [-0.39, 0.29) is 18.4 Å². The number of sulfonamides is 1. The third-order valence-corrected chi connectivity index (χ3v) is 5.58. The van der Waals surface area contributed by atoms with Crippen molar-refractivity contribution in [3.63, 3.8) is 0 Å². The fraction of sp³-hybridized carbons (Fsp3) is 0.600. The summed E-state index contributed by atoms with van der Waals surface area (Å²) in [5.41, 5.74) is 7.68. The van der Waals surface area contributed by atoms with Gasteiger partial charge in [0, 0.05) is 12.6 Å². The van der Waals surface area contributed by atoms with E-state index < -0.39 is 10.0 Å². The van der Waals surface area contributed by atoms with Crippen LogP contribution < -0.4 is 10.5 Å². The Kier molecular flexibility index (Phi) is 6.66. The highest BCUT2D eigenvalue weighted by Crippen LogP contribution is 2.23. The van der Waals surface area contributed by atoms with E-state index in [9.17, 15) is 8.42 Å². The number of nitrogens with one attached hydrogen (secondary N) is 1. The summed E-state index contributed by atoms with van der Waals surface area (Å²) >= 11 is 0. The van der Waals surface area contributed by atoms with Crippen molar-refractivity contribution in [3.8, 4) is 0 Å². The third-order valence-electron chi connectivity index (χ3n) is 4.02. The van der Waals surface area contributed by atoms with Gasteiger partial charge in [0.1, 0.15) is 0 Å². The molecule has 0 bridgehead atoms. The molecule has 21 heavy (non-hydrogen) atoms. The fourth-order valence-corrected chi connectivity index (χ4v) is 4.26. The van der Waals surface area contributed by atoms with Gasteiger partial charge in [-0.15, -0.1) is 12.4 Å². The quantitative estimate of drug-likeness (QED) is 0.889. The zero-order valence-electron chi connectivity index (χ0n) is 12.6. The molecule has 0 aromatic heterocycles. The maximum absolute atomic E-state index is 12.4. The van der Waals surface area contributed by atoms with Crippen LogP contribution in [0.15, 0.2) is 23.1 Å². The molecular formula is C15H25ClN2O2S. The van der Waals surface area contributed by atoms with Crippen LogP contribution in [0.2, 0.25) is 0 Å². The summed E-state index contributed by atoms with van der Waals surface area (Å²) in [7, 11) is -3.42. The van der Waals surface area contributed by atoms with E-state index in [4.69, 9.17) is 5.73 Å². The largest absolute Gasteiger partial charge is 0.328 e. The van der Waals surface area contributed by atoms with Gasteiger partial charge >= 0.3 is 0 Å².